The third kappa shape index (κ3) is 4.08. The van der Waals surface area contributed by atoms with Crippen LogP contribution in [0, 0.1) is 12.7 Å². The molecule has 9 nitrogen and oxygen atoms in total. The Labute approximate surface area is 214 Å². The molecule has 6 N–H and O–H groups in total. The Kier molecular flexibility index (Phi) is 5.39. The quantitative estimate of drug-likeness (QED) is 0.374. The molecular weight excluding hydrogens is 495 g/mol. The fourth-order valence-corrected chi connectivity index (χ4v) is 6.56. The van der Waals surface area contributed by atoms with E-state index >= 15 is 4.39 Å². The highest BCUT2D eigenvalue weighted by Crippen LogP contribution is 2.42. The number of hydrogen-bond acceptors (Lipinski definition) is 9. The molecule has 1 atom stereocenters. The van der Waals surface area contributed by atoms with E-state index in [0.29, 0.717) is 47.0 Å². The molecule has 0 spiro atoms. The SMILES string of the molecule is Cc1c(-c2cc3c(c(N)c2F)C=NC(N)(c2ccc(CS(=O)(=O)C4CC4)cc2)N3)cnc2c1NCCO2. The van der Waals surface area contributed by atoms with Crippen LogP contribution in [0.25, 0.3) is 11.1 Å². The van der Waals surface area contributed by atoms with Crippen molar-refractivity contribution >= 4 is 33.1 Å². The fraction of sp³-hybridized carbons (Fsp3) is 0.308. The minimum Gasteiger partial charge on any atom is -0.474 e. The Bertz CT molecular complexity index is 1550. The molecular formula is C26H27FN6O3S. The van der Waals surface area contributed by atoms with Gasteiger partial charge in [-0.15, -0.1) is 0 Å². The second-order valence-corrected chi connectivity index (χ2v) is 12.0. The maximum atomic E-state index is 15.5. The molecule has 1 saturated carbocycles. The topological polar surface area (TPSA) is 145 Å². The second-order valence-electron chi connectivity index (χ2n) is 9.72. The summed E-state index contributed by atoms with van der Waals surface area (Å²) < 4.78 is 45.7. The Morgan fingerprint density at radius 2 is 1.97 bits per heavy atom. The van der Waals surface area contributed by atoms with Crippen molar-refractivity contribution in [3.8, 4) is 17.0 Å². The molecule has 0 radical (unpaired) electrons. The van der Waals surface area contributed by atoms with E-state index in [1.807, 2.05) is 6.92 Å². The largest absolute Gasteiger partial charge is 0.474 e. The van der Waals surface area contributed by atoms with Crippen LogP contribution in [0.2, 0.25) is 0 Å². The van der Waals surface area contributed by atoms with E-state index in [4.69, 9.17) is 16.2 Å². The molecule has 37 heavy (non-hydrogen) atoms. The minimum absolute atomic E-state index is 0.00226. The number of nitrogens with two attached hydrogens (primary N) is 2. The number of nitrogen functional groups attached to an aromatic ring is 1. The third-order valence-electron chi connectivity index (χ3n) is 7.10. The molecule has 6 rings (SSSR count). The molecule has 1 unspecified atom stereocenters. The molecule has 0 amide bonds. The van der Waals surface area contributed by atoms with Gasteiger partial charge in [-0.3, -0.25) is 5.73 Å². The van der Waals surface area contributed by atoms with E-state index in [0.717, 1.165) is 24.1 Å². The van der Waals surface area contributed by atoms with E-state index in [9.17, 15) is 8.42 Å². The smallest absolute Gasteiger partial charge is 0.237 e. The first kappa shape index (κ1) is 23.7. The summed E-state index contributed by atoms with van der Waals surface area (Å²) in [6, 6.07) is 8.66. The minimum atomic E-state index is -3.13. The van der Waals surface area contributed by atoms with Crippen LogP contribution >= 0.6 is 0 Å². The summed E-state index contributed by atoms with van der Waals surface area (Å²) in [5, 5.41) is 6.25. The Balaban J connectivity index is 1.33. The average Bonchev–Trinajstić information content (AvgIpc) is 3.74. The van der Waals surface area contributed by atoms with Gasteiger partial charge in [0.2, 0.25) is 11.7 Å². The number of aromatic nitrogens is 1. The van der Waals surface area contributed by atoms with Crippen LogP contribution in [0.3, 0.4) is 0 Å². The molecule has 2 aliphatic heterocycles. The summed E-state index contributed by atoms with van der Waals surface area (Å²) in [4.78, 5) is 8.79. The molecule has 0 saturated heterocycles. The van der Waals surface area contributed by atoms with Gasteiger partial charge in [0.15, 0.2) is 15.7 Å². The normalized spacial score (nSPS) is 20.3. The lowest BCUT2D eigenvalue weighted by atomic mass is 9.95. The standard InChI is InChI=1S/C26H27FN6O3S/c1-14-19(11-31-25-24(14)30-8-9-36-25)18-10-21-20(23(28)22(18)27)12-32-26(29,33-21)16-4-2-15(3-5-16)13-37(34,35)17-6-7-17/h2-5,10-12,17,30,33H,6-9,13,28-29H2,1H3. The number of ether oxygens (including phenoxy) is 1. The predicted molar refractivity (Wildman–Crippen MR) is 142 cm³/mol. The number of nitrogens with zero attached hydrogens (tertiary/aromatic N) is 2. The molecule has 11 heteroatoms. The molecule has 192 valence electrons. The van der Waals surface area contributed by atoms with Crippen LogP contribution in [0.15, 0.2) is 41.5 Å². The molecule has 1 aromatic heterocycles. The van der Waals surface area contributed by atoms with Crippen molar-refractivity contribution in [2.45, 2.75) is 36.6 Å². The van der Waals surface area contributed by atoms with E-state index in [2.05, 4.69) is 20.6 Å². The zero-order valence-corrected chi connectivity index (χ0v) is 21.0. The van der Waals surface area contributed by atoms with E-state index in [-0.39, 0.29) is 22.3 Å². The van der Waals surface area contributed by atoms with Crippen LogP contribution in [-0.2, 0) is 21.4 Å². The molecule has 0 bridgehead atoms. The van der Waals surface area contributed by atoms with Crippen molar-refractivity contribution in [3.63, 3.8) is 0 Å². The monoisotopic (exact) mass is 522 g/mol. The highest BCUT2D eigenvalue weighted by Gasteiger charge is 2.36. The van der Waals surface area contributed by atoms with Crippen molar-refractivity contribution < 1.29 is 17.5 Å². The van der Waals surface area contributed by atoms with Gasteiger partial charge in [0.25, 0.3) is 0 Å². The summed E-state index contributed by atoms with van der Waals surface area (Å²) in [7, 11) is -3.13. The van der Waals surface area contributed by atoms with Gasteiger partial charge in [-0.05, 0) is 37.0 Å². The lowest BCUT2D eigenvalue weighted by Gasteiger charge is -2.33. The number of rotatable bonds is 5. The van der Waals surface area contributed by atoms with Crippen molar-refractivity contribution in [2.24, 2.45) is 10.7 Å². The molecule has 1 aliphatic carbocycles. The average molecular weight is 523 g/mol. The lowest BCUT2D eigenvalue weighted by Crippen LogP contribution is -2.45. The number of benzene rings is 2. The van der Waals surface area contributed by atoms with Crippen molar-refractivity contribution in [3.05, 3.63) is 64.6 Å². The summed E-state index contributed by atoms with van der Waals surface area (Å²) >= 11 is 0. The first-order chi connectivity index (χ1) is 17.7. The first-order valence-corrected chi connectivity index (χ1v) is 13.8. The Morgan fingerprint density at radius 1 is 1.22 bits per heavy atom. The maximum absolute atomic E-state index is 15.5. The highest BCUT2D eigenvalue weighted by atomic mass is 32.2. The van der Waals surface area contributed by atoms with Gasteiger partial charge in [0.1, 0.15) is 12.3 Å². The summed E-state index contributed by atoms with van der Waals surface area (Å²) in [6.45, 7) is 3.02. The number of sulfone groups is 1. The van der Waals surface area contributed by atoms with E-state index in [1.54, 1.807) is 36.5 Å². The Hall–Kier alpha value is -3.70. The number of nitrogens with one attached hydrogen (secondary N) is 2. The number of aliphatic imine (C=N–C) groups is 1. The summed E-state index contributed by atoms with van der Waals surface area (Å²) in [5.41, 5.74) is 17.4. The van der Waals surface area contributed by atoms with Gasteiger partial charge < -0.3 is 21.1 Å². The van der Waals surface area contributed by atoms with Gasteiger partial charge in [-0.2, -0.15) is 0 Å². The number of anilines is 3. The van der Waals surface area contributed by atoms with Gasteiger partial charge in [0.05, 0.1) is 16.7 Å². The number of fused-ring (bicyclic) bond motifs is 2. The number of hydrogen-bond donors (Lipinski definition) is 4. The highest BCUT2D eigenvalue weighted by molar-refractivity contribution is 7.91. The molecule has 1 fully saturated rings. The fourth-order valence-electron chi connectivity index (χ4n) is 4.81. The number of pyridine rings is 1. The van der Waals surface area contributed by atoms with Crippen LogP contribution in [0.5, 0.6) is 5.88 Å². The van der Waals surface area contributed by atoms with Crippen LogP contribution in [0.1, 0.15) is 35.1 Å². The van der Waals surface area contributed by atoms with E-state index < -0.39 is 21.4 Å². The van der Waals surface area contributed by atoms with Gasteiger partial charge in [-0.25, -0.2) is 22.8 Å². The maximum Gasteiger partial charge on any atom is 0.237 e. The second kappa shape index (κ2) is 8.42. The zero-order chi connectivity index (χ0) is 25.9. The third-order valence-corrected chi connectivity index (χ3v) is 9.32. The van der Waals surface area contributed by atoms with Gasteiger partial charge in [-0.1, -0.05) is 24.3 Å². The zero-order valence-electron chi connectivity index (χ0n) is 20.2. The van der Waals surface area contributed by atoms with Gasteiger partial charge >= 0.3 is 0 Å². The molecule has 2 aromatic carbocycles. The predicted octanol–water partition coefficient (Wildman–Crippen LogP) is 3.27. The molecule has 3 aliphatic rings. The lowest BCUT2D eigenvalue weighted by molar-refractivity contribution is 0.310. The van der Waals surface area contributed by atoms with Crippen molar-refractivity contribution in [2.75, 3.05) is 29.5 Å². The Morgan fingerprint density at radius 3 is 2.70 bits per heavy atom. The first-order valence-electron chi connectivity index (χ1n) is 12.1. The molecule has 3 aromatic rings. The summed E-state index contributed by atoms with van der Waals surface area (Å²) in [5.74, 6) is -1.43. The number of halogens is 1. The van der Waals surface area contributed by atoms with E-state index in [1.165, 1.54) is 6.21 Å². The van der Waals surface area contributed by atoms with Crippen molar-refractivity contribution in [1.82, 2.24) is 4.98 Å². The van der Waals surface area contributed by atoms with Crippen molar-refractivity contribution in [1.29, 1.82) is 0 Å². The van der Waals surface area contributed by atoms with Gasteiger partial charge in [0, 0.05) is 46.9 Å². The van der Waals surface area contributed by atoms with Crippen LogP contribution in [-0.4, -0.2) is 38.0 Å². The summed E-state index contributed by atoms with van der Waals surface area (Å²) in [6.07, 6.45) is 4.52. The van der Waals surface area contributed by atoms with Crippen LogP contribution < -0.4 is 26.8 Å². The molecule has 3 heterocycles. The van der Waals surface area contributed by atoms with Crippen LogP contribution in [0.4, 0.5) is 21.5 Å².